The number of hydrogen-bond donors (Lipinski definition) is 2. The standard InChI is InChI=1S/C21H24N4O/c26-21(18-8-9-19-20(11-18)24-15-23-19)22-12-17-7-4-10-25(14-17)13-16-5-2-1-3-6-16/h1-3,5-6,8-9,11,15,17H,4,7,10,12-14H2,(H,22,26)(H,23,24). The first kappa shape index (κ1) is 16.8. The molecule has 0 aliphatic carbocycles. The molecule has 3 aromatic rings. The Hall–Kier alpha value is -2.66. The van der Waals surface area contributed by atoms with E-state index in [0.717, 1.165) is 37.2 Å². The highest BCUT2D eigenvalue weighted by atomic mass is 16.1. The number of aromatic nitrogens is 2. The number of amides is 1. The summed E-state index contributed by atoms with van der Waals surface area (Å²) < 4.78 is 0. The maximum absolute atomic E-state index is 12.5. The van der Waals surface area contributed by atoms with Gasteiger partial charge in [-0.3, -0.25) is 9.69 Å². The molecule has 2 heterocycles. The molecule has 2 N–H and O–H groups in total. The zero-order valence-electron chi connectivity index (χ0n) is 14.8. The Morgan fingerprint density at radius 2 is 2.12 bits per heavy atom. The topological polar surface area (TPSA) is 61.0 Å². The molecule has 0 spiro atoms. The van der Waals surface area contributed by atoms with Gasteiger partial charge in [0.05, 0.1) is 17.4 Å². The van der Waals surface area contributed by atoms with Crippen molar-refractivity contribution in [3.8, 4) is 0 Å². The molecule has 134 valence electrons. The van der Waals surface area contributed by atoms with Gasteiger partial charge in [-0.2, -0.15) is 0 Å². The lowest BCUT2D eigenvalue weighted by Crippen LogP contribution is -2.40. The fraction of sp³-hybridized carbons (Fsp3) is 0.333. The predicted octanol–water partition coefficient (Wildman–Crippen LogP) is 3.20. The van der Waals surface area contributed by atoms with Gasteiger partial charge in [0.15, 0.2) is 0 Å². The third kappa shape index (κ3) is 3.94. The molecule has 1 aliphatic rings. The molecule has 1 atom stereocenters. The van der Waals surface area contributed by atoms with Crippen LogP contribution < -0.4 is 5.32 Å². The average Bonchev–Trinajstić information content (AvgIpc) is 3.15. The molecule has 1 amide bonds. The lowest BCUT2D eigenvalue weighted by Gasteiger charge is -2.32. The van der Waals surface area contributed by atoms with Crippen molar-refractivity contribution >= 4 is 16.9 Å². The van der Waals surface area contributed by atoms with Gasteiger partial charge in [0, 0.05) is 25.2 Å². The number of aromatic amines is 1. The van der Waals surface area contributed by atoms with Crippen LogP contribution in [0, 0.1) is 5.92 Å². The number of benzene rings is 2. The minimum Gasteiger partial charge on any atom is -0.352 e. The number of likely N-dealkylation sites (tertiary alicyclic amines) is 1. The number of imidazole rings is 1. The maximum Gasteiger partial charge on any atom is 0.251 e. The van der Waals surface area contributed by atoms with E-state index in [1.807, 2.05) is 18.2 Å². The molecular formula is C21H24N4O. The van der Waals surface area contributed by atoms with Crippen LogP contribution in [0.4, 0.5) is 0 Å². The van der Waals surface area contributed by atoms with Crippen LogP contribution in [0.15, 0.2) is 54.9 Å². The van der Waals surface area contributed by atoms with Gasteiger partial charge < -0.3 is 10.3 Å². The summed E-state index contributed by atoms with van der Waals surface area (Å²) in [5.74, 6) is 0.494. The molecule has 1 aromatic heterocycles. The van der Waals surface area contributed by atoms with Gasteiger partial charge in [-0.25, -0.2) is 4.98 Å². The summed E-state index contributed by atoms with van der Waals surface area (Å²) in [6.07, 6.45) is 4.01. The van der Waals surface area contributed by atoms with Gasteiger partial charge in [-0.15, -0.1) is 0 Å². The van der Waals surface area contributed by atoms with Gasteiger partial charge in [0.1, 0.15) is 0 Å². The Bertz CT molecular complexity index is 874. The van der Waals surface area contributed by atoms with Gasteiger partial charge >= 0.3 is 0 Å². The first-order valence-electron chi connectivity index (χ1n) is 9.25. The van der Waals surface area contributed by atoms with Crippen molar-refractivity contribution in [2.24, 2.45) is 5.92 Å². The summed E-state index contributed by atoms with van der Waals surface area (Å²) in [4.78, 5) is 22.2. The largest absolute Gasteiger partial charge is 0.352 e. The van der Waals surface area contributed by atoms with Crippen molar-refractivity contribution in [3.05, 3.63) is 66.0 Å². The highest BCUT2D eigenvalue weighted by Gasteiger charge is 2.20. The van der Waals surface area contributed by atoms with Crippen LogP contribution in [0.1, 0.15) is 28.8 Å². The van der Waals surface area contributed by atoms with Crippen molar-refractivity contribution in [2.45, 2.75) is 19.4 Å². The van der Waals surface area contributed by atoms with Crippen molar-refractivity contribution in [3.63, 3.8) is 0 Å². The van der Waals surface area contributed by atoms with Gasteiger partial charge in [0.25, 0.3) is 5.91 Å². The van der Waals surface area contributed by atoms with E-state index in [4.69, 9.17) is 0 Å². The molecule has 1 saturated heterocycles. The molecule has 0 bridgehead atoms. The summed E-state index contributed by atoms with van der Waals surface area (Å²) in [6.45, 7) is 3.89. The van der Waals surface area contributed by atoms with E-state index < -0.39 is 0 Å². The van der Waals surface area contributed by atoms with E-state index in [1.54, 1.807) is 6.33 Å². The third-order valence-corrected chi connectivity index (χ3v) is 5.09. The highest BCUT2D eigenvalue weighted by Crippen LogP contribution is 2.18. The number of rotatable bonds is 5. The Morgan fingerprint density at radius 1 is 1.23 bits per heavy atom. The number of nitrogens with zero attached hydrogens (tertiary/aromatic N) is 2. The molecule has 4 rings (SSSR count). The van der Waals surface area contributed by atoms with E-state index in [2.05, 4.69) is 50.5 Å². The lowest BCUT2D eigenvalue weighted by atomic mass is 9.97. The van der Waals surface area contributed by atoms with Gasteiger partial charge in [-0.05, 0) is 49.1 Å². The molecule has 1 fully saturated rings. The van der Waals surface area contributed by atoms with E-state index in [0.29, 0.717) is 11.5 Å². The lowest BCUT2D eigenvalue weighted by molar-refractivity contribution is 0.0930. The molecule has 1 aliphatic heterocycles. The predicted molar refractivity (Wildman–Crippen MR) is 103 cm³/mol. The summed E-state index contributed by atoms with van der Waals surface area (Å²) in [5.41, 5.74) is 3.80. The number of carbonyl (C=O) groups is 1. The first-order chi connectivity index (χ1) is 12.8. The number of piperidine rings is 1. The van der Waals surface area contributed by atoms with E-state index >= 15 is 0 Å². The number of H-pyrrole nitrogens is 1. The molecular weight excluding hydrogens is 324 g/mol. The maximum atomic E-state index is 12.5. The number of hydrogen-bond acceptors (Lipinski definition) is 3. The number of nitrogens with one attached hydrogen (secondary N) is 2. The van der Waals surface area contributed by atoms with Crippen LogP contribution >= 0.6 is 0 Å². The van der Waals surface area contributed by atoms with Crippen molar-refractivity contribution in [1.82, 2.24) is 20.2 Å². The summed E-state index contributed by atoms with van der Waals surface area (Å²) in [7, 11) is 0. The Balaban J connectivity index is 1.31. The molecule has 0 radical (unpaired) electrons. The van der Waals surface area contributed by atoms with Gasteiger partial charge in [-0.1, -0.05) is 30.3 Å². The minimum absolute atomic E-state index is 0.0123. The quantitative estimate of drug-likeness (QED) is 0.744. The van der Waals surface area contributed by atoms with Crippen LogP contribution in [0.3, 0.4) is 0 Å². The fourth-order valence-electron chi connectivity index (χ4n) is 3.72. The summed E-state index contributed by atoms with van der Waals surface area (Å²) in [5, 5.41) is 3.11. The first-order valence-corrected chi connectivity index (χ1v) is 9.25. The van der Waals surface area contributed by atoms with Crippen LogP contribution in [0.2, 0.25) is 0 Å². The Morgan fingerprint density at radius 3 is 3.00 bits per heavy atom. The number of carbonyl (C=O) groups excluding carboxylic acids is 1. The zero-order chi connectivity index (χ0) is 17.8. The van der Waals surface area contributed by atoms with Crippen LogP contribution in [-0.4, -0.2) is 40.4 Å². The molecule has 0 saturated carbocycles. The second-order valence-electron chi connectivity index (χ2n) is 7.07. The van der Waals surface area contributed by atoms with Crippen molar-refractivity contribution < 1.29 is 4.79 Å². The molecule has 26 heavy (non-hydrogen) atoms. The Labute approximate surface area is 153 Å². The van der Waals surface area contributed by atoms with Crippen LogP contribution in [0.5, 0.6) is 0 Å². The van der Waals surface area contributed by atoms with E-state index in [1.165, 1.54) is 18.4 Å². The van der Waals surface area contributed by atoms with Crippen molar-refractivity contribution in [1.29, 1.82) is 0 Å². The normalized spacial score (nSPS) is 18.1. The number of fused-ring (bicyclic) bond motifs is 1. The SMILES string of the molecule is O=C(NCC1CCCN(Cc2ccccc2)C1)c1ccc2nc[nH]c2c1. The summed E-state index contributed by atoms with van der Waals surface area (Å²) >= 11 is 0. The van der Waals surface area contributed by atoms with Crippen molar-refractivity contribution in [2.75, 3.05) is 19.6 Å². The summed E-state index contributed by atoms with van der Waals surface area (Å²) in [6, 6.07) is 16.2. The molecule has 5 nitrogen and oxygen atoms in total. The van der Waals surface area contributed by atoms with E-state index in [-0.39, 0.29) is 5.91 Å². The highest BCUT2D eigenvalue weighted by molar-refractivity contribution is 5.97. The molecule has 2 aromatic carbocycles. The second-order valence-corrected chi connectivity index (χ2v) is 7.07. The third-order valence-electron chi connectivity index (χ3n) is 5.09. The fourth-order valence-corrected chi connectivity index (χ4v) is 3.72. The monoisotopic (exact) mass is 348 g/mol. The minimum atomic E-state index is -0.0123. The van der Waals surface area contributed by atoms with Crippen LogP contribution in [0.25, 0.3) is 11.0 Å². The van der Waals surface area contributed by atoms with E-state index in [9.17, 15) is 4.79 Å². The zero-order valence-corrected chi connectivity index (χ0v) is 14.8. The Kier molecular flexibility index (Phi) is 4.97. The van der Waals surface area contributed by atoms with Gasteiger partial charge in [0.2, 0.25) is 0 Å². The average molecular weight is 348 g/mol. The second kappa shape index (κ2) is 7.70. The molecule has 1 unspecified atom stereocenters. The molecule has 5 heteroatoms. The smallest absolute Gasteiger partial charge is 0.251 e. The van der Waals surface area contributed by atoms with Crippen LogP contribution in [-0.2, 0) is 6.54 Å².